The molecule has 0 aromatic carbocycles. The van der Waals surface area contributed by atoms with Crippen molar-refractivity contribution < 1.29 is 14.3 Å². The predicted octanol–water partition coefficient (Wildman–Crippen LogP) is 2.52. The fourth-order valence-corrected chi connectivity index (χ4v) is 1.36. The van der Waals surface area contributed by atoms with Crippen LogP contribution >= 0.6 is 0 Å². The molecule has 1 unspecified atom stereocenters. The van der Waals surface area contributed by atoms with Gasteiger partial charge in [-0.2, -0.15) is 0 Å². The number of nitrogens with one attached hydrogen (secondary N) is 1. The summed E-state index contributed by atoms with van der Waals surface area (Å²) in [6.07, 6.45) is 1.06. The van der Waals surface area contributed by atoms with Gasteiger partial charge in [-0.25, -0.2) is 4.79 Å². The minimum atomic E-state index is -0.477. The molecule has 0 saturated carbocycles. The molecule has 0 saturated heterocycles. The zero-order chi connectivity index (χ0) is 12.8. The smallest absolute Gasteiger partial charge is 0.407 e. The highest BCUT2D eigenvalue weighted by molar-refractivity contribution is 5.78. The number of carbonyl (C=O) groups is 2. The second kappa shape index (κ2) is 6.51. The van der Waals surface area contributed by atoms with Gasteiger partial charge in [-0.1, -0.05) is 6.92 Å². The number of hydrogen-bond donors (Lipinski definition) is 1. The molecule has 0 aromatic rings. The second-order valence-electron chi connectivity index (χ2n) is 4.93. The third-order valence-corrected chi connectivity index (χ3v) is 2.23. The number of hydrogen-bond acceptors (Lipinski definition) is 3. The van der Waals surface area contributed by atoms with E-state index >= 15 is 0 Å². The number of Topliss-reactive ketones (excluding diaryl/α,β-unsaturated/α-hetero) is 1. The Bertz CT molecular complexity index is 243. The van der Waals surface area contributed by atoms with Crippen LogP contribution in [0.1, 0.15) is 47.5 Å². The van der Waals surface area contributed by atoms with Crippen LogP contribution in [0.25, 0.3) is 0 Å². The number of rotatable bonds is 5. The molecule has 0 fully saturated rings. The van der Waals surface area contributed by atoms with Crippen LogP contribution in [-0.4, -0.2) is 24.0 Å². The Kier molecular flexibility index (Phi) is 6.08. The third-order valence-electron chi connectivity index (χ3n) is 2.23. The first-order valence-corrected chi connectivity index (χ1v) is 5.73. The largest absolute Gasteiger partial charge is 0.444 e. The van der Waals surface area contributed by atoms with E-state index in [-0.39, 0.29) is 11.7 Å². The summed E-state index contributed by atoms with van der Waals surface area (Å²) in [6, 6.07) is 0. The molecule has 94 valence electrons. The minimum Gasteiger partial charge on any atom is -0.444 e. The molecule has 1 N–H and O–H groups in total. The molecular formula is C12H23NO3. The van der Waals surface area contributed by atoms with Gasteiger partial charge in [0.1, 0.15) is 11.4 Å². The van der Waals surface area contributed by atoms with Gasteiger partial charge < -0.3 is 10.1 Å². The van der Waals surface area contributed by atoms with Gasteiger partial charge in [0.15, 0.2) is 0 Å². The summed E-state index contributed by atoms with van der Waals surface area (Å²) < 4.78 is 5.08. The molecule has 0 bridgehead atoms. The highest BCUT2D eigenvalue weighted by Crippen LogP contribution is 2.09. The molecule has 0 rings (SSSR count). The molecule has 16 heavy (non-hydrogen) atoms. The predicted molar refractivity (Wildman–Crippen MR) is 63.3 cm³/mol. The molecule has 4 nitrogen and oxygen atoms in total. The lowest BCUT2D eigenvalue weighted by atomic mass is 9.98. The fraction of sp³-hybridized carbons (Fsp3) is 0.833. The van der Waals surface area contributed by atoms with Crippen LogP contribution < -0.4 is 5.32 Å². The van der Waals surface area contributed by atoms with E-state index < -0.39 is 11.7 Å². The molecule has 0 aliphatic heterocycles. The maximum Gasteiger partial charge on any atom is 0.407 e. The average Bonchev–Trinajstić information content (AvgIpc) is 2.08. The van der Waals surface area contributed by atoms with Crippen molar-refractivity contribution in [3.63, 3.8) is 0 Å². The van der Waals surface area contributed by atoms with Crippen LogP contribution in [0.2, 0.25) is 0 Å². The van der Waals surface area contributed by atoms with Crippen molar-refractivity contribution in [3.8, 4) is 0 Å². The zero-order valence-electron chi connectivity index (χ0n) is 10.9. The molecular weight excluding hydrogens is 206 g/mol. The van der Waals surface area contributed by atoms with Gasteiger partial charge in [0, 0.05) is 12.5 Å². The number of alkyl carbamates (subject to hydrolysis) is 1. The lowest BCUT2D eigenvalue weighted by Gasteiger charge is -2.20. The van der Waals surface area contributed by atoms with Crippen LogP contribution in [0.5, 0.6) is 0 Å². The standard InChI is InChI=1S/C12H23NO3/c1-6-10(9(2)14)7-8-13-11(15)16-12(3,4)5/h10H,6-8H2,1-5H3,(H,13,15). The number of ketones is 1. The maximum atomic E-state index is 11.3. The van der Waals surface area contributed by atoms with E-state index in [2.05, 4.69) is 5.32 Å². The van der Waals surface area contributed by atoms with E-state index in [0.29, 0.717) is 13.0 Å². The SMILES string of the molecule is CCC(CCNC(=O)OC(C)(C)C)C(C)=O. The van der Waals surface area contributed by atoms with E-state index in [4.69, 9.17) is 4.74 Å². The number of carbonyl (C=O) groups excluding carboxylic acids is 2. The van der Waals surface area contributed by atoms with Gasteiger partial charge in [-0.05, 0) is 40.5 Å². The van der Waals surface area contributed by atoms with Crippen molar-refractivity contribution >= 4 is 11.9 Å². The van der Waals surface area contributed by atoms with Crippen LogP contribution in [0.4, 0.5) is 4.79 Å². The molecule has 4 heteroatoms. The van der Waals surface area contributed by atoms with E-state index in [1.54, 1.807) is 6.92 Å². The monoisotopic (exact) mass is 229 g/mol. The van der Waals surface area contributed by atoms with E-state index in [9.17, 15) is 9.59 Å². The van der Waals surface area contributed by atoms with Crippen molar-refractivity contribution in [2.75, 3.05) is 6.54 Å². The van der Waals surface area contributed by atoms with E-state index in [0.717, 1.165) is 6.42 Å². The normalized spacial score (nSPS) is 13.1. The van der Waals surface area contributed by atoms with Crippen LogP contribution in [0, 0.1) is 5.92 Å². The van der Waals surface area contributed by atoms with Gasteiger partial charge in [0.2, 0.25) is 0 Å². The van der Waals surface area contributed by atoms with Gasteiger partial charge in [-0.15, -0.1) is 0 Å². The molecule has 0 aliphatic carbocycles. The highest BCUT2D eigenvalue weighted by Gasteiger charge is 2.16. The highest BCUT2D eigenvalue weighted by atomic mass is 16.6. The van der Waals surface area contributed by atoms with Gasteiger partial charge in [-0.3, -0.25) is 4.79 Å². The fourth-order valence-electron chi connectivity index (χ4n) is 1.36. The van der Waals surface area contributed by atoms with Crippen molar-refractivity contribution in [1.82, 2.24) is 5.32 Å². The number of amides is 1. The molecule has 0 spiro atoms. The van der Waals surface area contributed by atoms with Crippen molar-refractivity contribution in [2.24, 2.45) is 5.92 Å². The molecule has 0 radical (unpaired) electrons. The first kappa shape index (κ1) is 14.9. The summed E-state index contributed by atoms with van der Waals surface area (Å²) >= 11 is 0. The average molecular weight is 229 g/mol. The Labute approximate surface area is 97.7 Å². The molecule has 1 atom stereocenters. The summed E-state index contributed by atoms with van der Waals surface area (Å²) in [6.45, 7) is 9.49. The summed E-state index contributed by atoms with van der Waals surface area (Å²) in [5.74, 6) is 0.212. The Morgan fingerprint density at radius 1 is 1.31 bits per heavy atom. The molecule has 1 amide bonds. The van der Waals surface area contributed by atoms with Crippen LogP contribution in [-0.2, 0) is 9.53 Å². The lowest BCUT2D eigenvalue weighted by molar-refractivity contribution is -0.121. The summed E-state index contributed by atoms with van der Waals surface area (Å²) in [7, 11) is 0. The molecule has 0 heterocycles. The second-order valence-corrected chi connectivity index (χ2v) is 4.93. The van der Waals surface area contributed by atoms with Crippen molar-refractivity contribution in [2.45, 2.75) is 53.1 Å². The molecule has 0 aliphatic rings. The van der Waals surface area contributed by atoms with Crippen molar-refractivity contribution in [1.29, 1.82) is 0 Å². The summed E-state index contributed by atoms with van der Waals surface area (Å²) in [4.78, 5) is 22.4. The first-order valence-electron chi connectivity index (χ1n) is 5.73. The minimum absolute atomic E-state index is 0.0370. The van der Waals surface area contributed by atoms with E-state index in [1.807, 2.05) is 27.7 Å². The first-order chi connectivity index (χ1) is 7.26. The Hall–Kier alpha value is -1.06. The van der Waals surface area contributed by atoms with Crippen molar-refractivity contribution in [3.05, 3.63) is 0 Å². The third kappa shape index (κ3) is 7.26. The Balaban J connectivity index is 3.81. The van der Waals surface area contributed by atoms with Crippen LogP contribution in [0.15, 0.2) is 0 Å². The summed E-state index contributed by atoms with van der Waals surface area (Å²) in [5.41, 5.74) is -0.477. The van der Waals surface area contributed by atoms with Gasteiger partial charge >= 0.3 is 6.09 Å². The number of ether oxygens (including phenoxy) is 1. The quantitative estimate of drug-likeness (QED) is 0.788. The van der Waals surface area contributed by atoms with E-state index in [1.165, 1.54) is 0 Å². The zero-order valence-corrected chi connectivity index (χ0v) is 10.9. The van der Waals surface area contributed by atoms with Gasteiger partial charge in [0.05, 0.1) is 0 Å². The van der Waals surface area contributed by atoms with Gasteiger partial charge in [0.25, 0.3) is 0 Å². The Morgan fingerprint density at radius 2 is 1.88 bits per heavy atom. The topological polar surface area (TPSA) is 55.4 Å². The molecule has 0 aromatic heterocycles. The lowest BCUT2D eigenvalue weighted by Crippen LogP contribution is -2.34. The van der Waals surface area contributed by atoms with Crippen LogP contribution in [0.3, 0.4) is 0 Å². The summed E-state index contributed by atoms with van der Waals surface area (Å²) in [5, 5.41) is 2.65. The Morgan fingerprint density at radius 3 is 2.25 bits per heavy atom. The maximum absolute atomic E-state index is 11.3.